The van der Waals surface area contributed by atoms with Crippen molar-refractivity contribution in [3.05, 3.63) is 437 Å². The highest BCUT2D eigenvalue weighted by Crippen LogP contribution is 2.59. The Bertz CT molecular complexity index is 10100. The summed E-state index contributed by atoms with van der Waals surface area (Å²) in [5.74, 6) is 0. The molecule has 0 saturated heterocycles. The average Bonchev–Trinajstić information content (AvgIpc) is 1.52. The van der Waals surface area contributed by atoms with Crippen LogP contribution in [0.5, 0.6) is 0 Å². The molecular weight excluding hydrogens is 1630 g/mol. The van der Waals surface area contributed by atoms with Crippen molar-refractivity contribution >= 4 is 195 Å². The van der Waals surface area contributed by atoms with Crippen molar-refractivity contribution < 1.29 is 8.83 Å². The van der Waals surface area contributed by atoms with Crippen molar-refractivity contribution in [1.29, 1.82) is 0 Å². The first kappa shape index (κ1) is 72.6. The maximum Gasteiger partial charge on any atom is 0.145 e. The Balaban J connectivity index is 0.0000000979. The third-order valence-electron chi connectivity index (χ3n) is 29.1. The van der Waals surface area contributed by atoms with E-state index in [0.717, 1.165) is 49.9 Å². The van der Waals surface area contributed by atoms with E-state index in [0.29, 0.717) is 0 Å². The van der Waals surface area contributed by atoms with Crippen LogP contribution in [0.1, 0.15) is 0 Å². The first-order valence-corrected chi connectivity index (χ1v) is 46.6. The molecule has 133 heavy (non-hydrogen) atoms. The second-order valence-electron chi connectivity index (χ2n) is 35.7. The fraction of sp³-hybridized carbons (Fsp3) is 0. The van der Waals surface area contributed by atoms with E-state index < -0.39 is 0 Å². The fourth-order valence-electron chi connectivity index (χ4n) is 23.8. The Morgan fingerprint density at radius 2 is 0.466 bits per heavy atom. The van der Waals surface area contributed by atoms with E-state index in [1.54, 1.807) is 0 Å². The number of rotatable bonds is 6. The molecule has 0 aliphatic heterocycles. The molecule has 6 nitrogen and oxygen atoms in total. The third-order valence-corrected chi connectivity index (χ3v) is 30.3. The van der Waals surface area contributed by atoms with Gasteiger partial charge in [0.1, 0.15) is 22.3 Å². The molecule has 22 aromatic carbocycles. The summed E-state index contributed by atoms with van der Waals surface area (Å²) in [7, 11) is 0. The number of para-hydroxylation sites is 5. The molecule has 29 aromatic rings. The predicted molar refractivity (Wildman–Crippen MR) is 561 cm³/mol. The minimum atomic E-state index is 0.916. The van der Waals surface area contributed by atoms with Crippen molar-refractivity contribution in [3.63, 3.8) is 0 Å². The van der Waals surface area contributed by atoms with Crippen LogP contribution in [0.15, 0.2) is 446 Å². The lowest BCUT2D eigenvalue weighted by atomic mass is 9.92. The summed E-state index contributed by atoms with van der Waals surface area (Å²) in [5, 5.41) is 25.4. The molecule has 0 atom stereocenters. The van der Waals surface area contributed by atoms with Crippen LogP contribution in [0, 0.1) is 0 Å². The molecule has 7 heteroatoms. The second-order valence-corrected chi connectivity index (χ2v) is 36.8. The number of nitrogens with zero attached hydrogens (tertiary/aromatic N) is 4. The van der Waals surface area contributed by atoms with Gasteiger partial charge < -0.3 is 27.1 Å². The Labute approximate surface area is 765 Å². The molecule has 0 amide bonds. The Morgan fingerprint density at radius 3 is 0.940 bits per heavy atom. The molecule has 0 saturated carbocycles. The van der Waals surface area contributed by atoms with Crippen LogP contribution in [-0.4, -0.2) is 18.3 Å². The minimum absolute atomic E-state index is 0.916. The summed E-state index contributed by atoms with van der Waals surface area (Å²) >= 11 is 1.92. The Hall–Kier alpha value is -17.4. The van der Waals surface area contributed by atoms with Crippen LogP contribution in [0.25, 0.3) is 295 Å². The lowest BCUT2D eigenvalue weighted by Gasteiger charge is -2.15. The summed E-state index contributed by atoms with van der Waals surface area (Å²) in [4.78, 5) is 0. The van der Waals surface area contributed by atoms with Crippen molar-refractivity contribution in [2.75, 3.05) is 0 Å². The van der Waals surface area contributed by atoms with Crippen LogP contribution < -0.4 is 0 Å². The average molecular weight is 1710 g/mol. The van der Waals surface area contributed by atoms with Gasteiger partial charge in [-0.15, -0.1) is 11.3 Å². The molecule has 614 valence electrons. The van der Waals surface area contributed by atoms with Gasteiger partial charge in [-0.1, -0.05) is 340 Å². The summed E-state index contributed by atoms with van der Waals surface area (Å²) < 4.78 is 25.9. The number of benzene rings is 22. The molecule has 0 unspecified atom stereocenters. The summed E-state index contributed by atoms with van der Waals surface area (Å²) in [6.07, 6.45) is 0. The summed E-state index contributed by atoms with van der Waals surface area (Å²) in [6, 6.07) is 159. The fourth-order valence-corrected chi connectivity index (χ4v) is 25.0. The van der Waals surface area contributed by atoms with Gasteiger partial charge in [-0.2, -0.15) is 0 Å². The molecule has 3 aliphatic rings. The van der Waals surface area contributed by atoms with Crippen LogP contribution in [0.2, 0.25) is 0 Å². The molecule has 7 heterocycles. The number of fused-ring (bicyclic) bond motifs is 27. The SMILES string of the molecule is c1ccc(-c2cccc(-n3c4cccc5c4c4c6c(cccc6c6oc7ccccc7c6c43)-c3ccccc3-5)c2)cc1.c1ccc(-n2c3cccc4c3c3c5c(cccc5c5oc6ccccc6c5c32)-c2ccccc2-4)cc1.c1ccc2c(c1)-c1cccc3c4sc5ccccc5c4c4c(c13)c1c-2cccc1n4-c1ccc(-c2ccc(-n3c4ccccc4c4ccccc43)cc2)cc1. The van der Waals surface area contributed by atoms with Gasteiger partial charge in [-0.05, 0) is 186 Å². The third kappa shape index (κ3) is 10.0. The van der Waals surface area contributed by atoms with Crippen molar-refractivity contribution in [3.8, 4) is 112 Å². The van der Waals surface area contributed by atoms with E-state index >= 15 is 0 Å². The van der Waals surface area contributed by atoms with E-state index in [1.165, 1.54) is 245 Å². The first-order chi connectivity index (χ1) is 66.1. The molecule has 0 fully saturated rings. The molecule has 32 rings (SSSR count). The maximum atomic E-state index is 6.74. The van der Waals surface area contributed by atoms with Gasteiger partial charge in [0.15, 0.2) is 0 Å². The largest absolute Gasteiger partial charge is 0.455 e. The molecule has 0 N–H and O–H groups in total. The van der Waals surface area contributed by atoms with Gasteiger partial charge in [0.2, 0.25) is 0 Å². The normalized spacial score (nSPS) is 12.4. The van der Waals surface area contributed by atoms with Crippen LogP contribution in [0.4, 0.5) is 0 Å². The maximum absolute atomic E-state index is 6.74. The zero-order valence-corrected chi connectivity index (χ0v) is 72.4. The lowest BCUT2D eigenvalue weighted by Crippen LogP contribution is -1.96. The van der Waals surface area contributed by atoms with E-state index in [1.807, 2.05) is 11.3 Å². The Morgan fingerprint density at radius 1 is 0.165 bits per heavy atom. The second kappa shape index (κ2) is 27.6. The molecule has 0 spiro atoms. The number of aromatic nitrogens is 4. The number of hydrogen-bond donors (Lipinski definition) is 0. The van der Waals surface area contributed by atoms with Gasteiger partial charge >= 0.3 is 0 Å². The lowest BCUT2D eigenvalue weighted by molar-refractivity contribution is 0.672. The van der Waals surface area contributed by atoms with Gasteiger partial charge in [0.25, 0.3) is 0 Å². The van der Waals surface area contributed by atoms with Crippen molar-refractivity contribution in [1.82, 2.24) is 18.3 Å². The minimum Gasteiger partial charge on any atom is -0.455 e. The van der Waals surface area contributed by atoms with Gasteiger partial charge in [-0.3, -0.25) is 0 Å². The van der Waals surface area contributed by atoms with E-state index in [4.69, 9.17) is 8.83 Å². The van der Waals surface area contributed by atoms with Crippen molar-refractivity contribution in [2.45, 2.75) is 0 Å². The van der Waals surface area contributed by atoms with Gasteiger partial charge in [0.05, 0.1) is 54.9 Å². The highest BCUT2D eigenvalue weighted by molar-refractivity contribution is 7.27. The Kier molecular flexibility index (Phi) is 15.1. The molecular formula is C126H72N4O2S. The van der Waals surface area contributed by atoms with Crippen LogP contribution >= 0.6 is 11.3 Å². The van der Waals surface area contributed by atoms with E-state index in [9.17, 15) is 0 Å². The predicted octanol–water partition coefficient (Wildman–Crippen LogP) is 35.4. The number of thiophene rings is 1. The van der Waals surface area contributed by atoms with Crippen molar-refractivity contribution in [2.24, 2.45) is 0 Å². The quantitative estimate of drug-likeness (QED) is 0.167. The highest BCUT2D eigenvalue weighted by Gasteiger charge is 2.34. The zero-order valence-electron chi connectivity index (χ0n) is 71.6. The number of furan rings is 2. The zero-order chi connectivity index (χ0) is 86.5. The highest BCUT2D eigenvalue weighted by atomic mass is 32.1. The molecule has 0 bridgehead atoms. The van der Waals surface area contributed by atoms with E-state index in [2.05, 4.69) is 455 Å². The van der Waals surface area contributed by atoms with E-state index in [-0.39, 0.29) is 0 Å². The summed E-state index contributed by atoms with van der Waals surface area (Å²) in [6.45, 7) is 0. The monoisotopic (exact) mass is 1700 g/mol. The van der Waals surface area contributed by atoms with Gasteiger partial charge in [0, 0.05) is 129 Å². The smallest absolute Gasteiger partial charge is 0.145 e. The summed E-state index contributed by atoms with van der Waals surface area (Å²) in [5.41, 5.74) is 38.4. The number of hydrogen-bond acceptors (Lipinski definition) is 3. The first-order valence-electron chi connectivity index (χ1n) is 45.8. The van der Waals surface area contributed by atoms with Gasteiger partial charge in [-0.25, -0.2) is 0 Å². The van der Waals surface area contributed by atoms with Crippen LogP contribution in [0.3, 0.4) is 0 Å². The molecule has 3 aliphatic carbocycles. The molecule has 7 aromatic heterocycles. The topological polar surface area (TPSA) is 46.0 Å². The standard InChI is InChI=1S/C52H30N2S.C40H23NO.C34H19NO/c1-2-12-36-35(11-1)39-16-9-18-42-47(39)50-48-40(36)17-10-21-45(48)54(51(50)49-41-15-5-8-22-46(41)55-52(42)49)34-29-25-32(26-30-34)31-23-27-33(28-24-31)53-43-19-6-3-13-37(43)38-14-4-7-20-44(38)53;1-2-11-24(12-3-1)25-13-8-14-26(23-25)41-33-21-10-19-30-28-16-5-4-15-27(28)29-18-9-20-32-35(29)38(36(30)33)39(41)37-31-17-6-7-22-34(31)42-40(32)37;1-2-10-20(11-3-1)35-27-18-9-16-24-22-13-5-4-12-21(22)23-15-8-17-26-29(23)32(30(24)27)33(35)31-25-14-6-7-19-28(25)36-34(26)31/h1-30H;1-23H;1-19H. The van der Waals surface area contributed by atoms with Crippen LogP contribution in [-0.2, 0) is 0 Å². The molecule has 0 radical (unpaired) electrons.